The fourth-order valence-electron chi connectivity index (χ4n) is 2.31. The standard InChI is InChI=1S/C14H14BrN3O6/c1-8-9(7-19)6-11(17(20)21)13(14(8)18(22)23)16-5-4-10-2-3-12(15)24-10/h2-3,6,16,19H,4-5,7H2,1H3. The van der Waals surface area contributed by atoms with E-state index in [1.807, 2.05) is 0 Å². The molecule has 2 N–H and O–H groups in total. The summed E-state index contributed by atoms with van der Waals surface area (Å²) < 4.78 is 5.87. The van der Waals surface area contributed by atoms with Crippen LogP contribution >= 0.6 is 15.9 Å². The van der Waals surface area contributed by atoms with Crippen molar-refractivity contribution >= 4 is 33.0 Å². The Labute approximate surface area is 144 Å². The Hall–Kier alpha value is -2.46. The van der Waals surface area contributed by atoms with Gasteiger partial charge in [-0.3, -0.25) is 20.2 Å². The third-order valence-electron chi connectivity index (χ3n) is 3.49. The summed E-state index contributed by atoms with van der Waals surface area (Å²) in [6.07, 6.45) is 0.390. The van der Waals surface area contributed by atoms with Crippen molar-refractivity contribution in [2.75, 3.05) is 11.9 Å². The van der Waals surface area contributed by atoms with Gasteiger partial charge in [0, 0.05) is 24.6 Å². The van der Waals surface area contributed by atoms with Crippen molar-refractivity contribution in [3.05, 3.63) is 60.0 Å². The van der Waals surface area contributed by atoms with Gasteiger partial charge in [-0.15, -0.1) is 0 Å². The van der Waals surface area contributed by atoms with Crippen LogP contribution in [0.1, 0.15) is 16.9 Å². The first-order chi connectivity index (χ1) is 11.3. The van der Waals surface area contributed by atoms with E-state index in [-0.39, 0.29) is 23.4 Å². The van der Waals surface area contributed by atoms with Gasteiger partial charge >= 0.3 is 5.69 Å². The van der Waals surface area contributed by atoms with Crippen molar-refractivity contribution in [2.24, 2.45) is 0 Å². The fraction of sp³-hybridized carbons (Fsp3) is 0.286. The smallest absolute Gasteiger partial charge is 0.302 e. The minimum atomic E-state index is -0.711. The second-order valence-electron chi connectivity index (χ2n) is 4.96. The van der Waals surface area contributed by atoms with Crippen molar-refractivity contribution in [2.45, 2.75) is 20.0 Å². The van der Waals surface area contributed by atoms with Gasteiger partial charge in [0.05, 0.1) is 16.5 Å². The highest BCUT2D eigenvalue weighted by atomic mass is 79.9. The zero-order valence-electron chi connectivity index (χ0n) is 12.6. The van der Waals surface area contributed by atoms with E-state index in [2.05, 4.69) is 21.2 Å². The number of aliphatic hydroxyl groups excluding tert-OH is 1. The maximum Gasteiger partial charge on any atom is 0.302 e. The van der Waals surface area contributed by atoms with E-state index >= 15 is 0 Å². The molecule has 0 atom stereocenters. The molecule has 128 valence electrons. The minimum Gasteiger partial charge on any atom is -0.454 e. The van der Waals surface area contributed by atoms with E-state index < -0.39 is 27.8 Å². The Kier molecular flexibility index (Phi) is 5.52. The molecule has 0 amide bonds. The molecule has 0 saturated heterocycles. The Balaban J connectivity index is 2.36. The molecule has 1 heterocycles. The second-order valence-corrected chi connectivity index (χ2v) is 5.74. The molecule has 0 unspecified atom stereocenters. The third-order valence-corrected chi connectivity index (χ3v) is 3.92. The van der Waals surface area contributed by atoms with Crippen molar-refractivity contribution in [1.82, 2.24) is 0 Å². The molecule has 24 heavy (non-hydrogen) atoms. The molecule has 2 aromatic rings. The van der Waals surface area contributed by atoms with Gasteiger partial charge in [0.15, 0.2) is 10.4 Å². The molecule has 9 nitrogen and oxygen atoms in total. The van der Waals surface area contributed by atoms with Gasteiger partial charge in [-0.25, -0.2) is 0 Å². The predicted molar refractivity (Wildman–Crippen MR) is 89.0 cm³/mol. The molecule has 0 bridgehead atoms. The molecular formula is C14H14BrN3O6. The number of aliphatic hydroxyl groups is 1. The van der Waals surface area contributed by atoms with Gasteiger partial charge in [0.25, 0.3) is 5.69 Å². The van der Waals surface area contributed by atoms with Gasteiger partial charge in [-0.05, 0) is 40.5 Å². The quantitative estimate of drug-likeness (QED) is 0.538. The zero-order chi connectivity index (χ0) is 17.9. The van der Waals surface area contributed by atoms with Gasteiger partial charge in [-0.1, -0.05) is 0 Å². The van der Waals surface area contributed by atoms with Crippen LogP contribution in [0.25, 0.3) is 0 Å². The first-order valence-electron chi connectivity index (χ1n) is 6.89. The Morgan fingerprint density at radius 1 is 1.29 bits per heavy atom. The predicted octanol–water partition coefficient (Wildman–Crippen LogP) is 3.31. The Morgan fingerprint density at radius 3 is 2.50 bits per heavy atom. The molecule has 1 aromatic heterocycles. The Bertz CT molecular complexity index is 789. The van der Waals surface area contributed by atoms with Gasteiger partial charge in [0.1, 0.15) is 5.76 Å². The van der Waals surface area contributed by atoms with Crippen molar-refractivity contribution in [3.8, 4) is 0 Å². The van der Waals surface area contributed by atoms with Gasteiger partial charge in [-0.2, -0.15) is 0 Å². The lowest BCUT2D eigenvalue weighted by Crippen LogP contribution is -2.11. The molecule has 1 aromatic carbocycles. The first kappa shape index (κ1) is 17.9. The third kappa shape index (κ3) is 3.71. The highest BCUT2D eigenvalue weighted by molar-refractivity contribution is 9.10. The molecular weight excluding hydrogens is 386 g/mol. The van der Waals surface area contributed by atoms with Crippen LogP contribution in [-0.4, -0.2) is 21.5 Å². The average Bonchev–Trinajstić information content (AvgIpc) is 2.92. The summed E-state index contributed by atoms with van der Waals surface area (Å²) in [6.45, 7) is 1.13. The van der Waals surface area contributed by atoms with Crippen molar-refractivity contribution < 1.29 is 19.4 Å². The molecule has 0 aliphatic heterocycles. The van der Waals surface area contributed by atoms with E-state index in [0.717, 1.165) is 6.07 Å². The maximum absolute atomic E-state index is 11.4. The van der Waals surface area contributed by atoms with Crippen LogP contribution < -0.4 is 5.32 Å². The van der Waals surface area contributed by atoms with Crippen molar-refractivity contribution in [1.29, 1.82) is 0 Å². The summed E-state index contributed by atoms with van der Waals surface area (Å²) in [5.74, 6) is 0.628. The highest BCUT2D eigenvalue weighted by Crippen LogP contribution is 2.39. The normalized spacial score (nSPS) is 10.6. The summed E-state index contributed by atoms with van der Waals surface area (Å²) in [5.41, 5.74) is -0.693. The number of halogens is 1. The fourth-order valence-corrected chi connectivity index (χ4v) is 2.65. The van der Waals surface area contributed by atoms with Crippen LogP contribution in [-0.2, 0) is 13.0 Å². The molecule has 0 aliphatic rings. The van der Waals surface area contributed by atoms with Gasteiger partial charge < -0.3 is 14.8 Å². The number of hydrogen-bond acceptors (Lipinski definition) is 7. The van der Waals surface area contributed by atoms with Gasteiger partial charge in [0.2, 0.25) is 0 Å². The monoisotopic (exact) mass is 399 g/mol. The van der Waals surface area contributed by atoms with Crippen LogP contribution in [0.2, 0.25) is 0 Å². The molecule has 2 rings (SSSR count). The molecule has 0 saturated carbocycles. The minimum absolute atomic E-state index is 0.147. The zero-order valence-corrected chi connectivity index (χ0v) is 14.2. The van der Waals surface area contributed by atoms with Crippen LogP contribution in [0.4, 0.5) is 17.1 Å². The maximum atomic E-state index is 11.4. The number of hydrogen-bond donors (Lipinski definition) is 2. The molecule has 0 fully saturated rings. The van der Waals surface area contributed by atoms with Crippen LogP contribution in [0, 0.1) is 27.2 Å². The SMILES string of the molecule is Cc1c(CO)cc([N+](=O)[O-])c(NCCc2ccc(Br)o2)c1[N+](=O)[O-]. The first-order valence-corrected chi connectivity index (χ1v) is 7.68. The number of nitrogens with one attached hydrogen (secondary N) is 1. The van der Waals surface area contributed by atoms with E-state index in [4.69, 9.17) is 4.42 Å². The van der Waals surface area contributed by atoms with Crippen LogP contribution in [0.3, 0.4) is 0 Å². The van der Waals surface area contributed by atoms with E-state index in [1.54, 1.807) is 12.1 Å². The highest BCUT2D eigenvalue weighted by Gasteiger charge is 2.29. The topological polar surface area (TPSA) is 132 Å². The van der Waals surface area contributed by atoms with E-state index in [0.29, 0.717) is 16.9 Å². The van der Waals surface area contributed by atoms with Crippen molar-refractivity contribution in [3.63, 3.8) is 0 Å². The number of nitro groups is 2. The largest absolute Gasteiger partial charge is 0.454 e. The summed E-state index contributed by atoms with van der Waals surface area (Å²) in [4.78, 5) is 21.2. The van der Waals surface area contributed by atoms with Crippen LogP contribution in [0.15, 0.2) is 27.3 Å². The lowest BCUT2D eigenvalue weighted by Gasteiger charge is -2.11. The number of rotatable bonds is 7. The number of anilines is 1. The summed E-state index contributed by atoms with van der Waals surface area (Å²) in [6, 6.07) is 4.59. The second kappa shape index (κ2) is 7.41. The number of nitro benzene ring substituents is 2. The lowest BCUT2D eigenvalue weighted by atomic mass is 10.0. The van der Waals surface area contributed by atoms with E-state index in [1.165, 1.54) is 6.92 Å². The lowest BCUT2D eigenvalue weighted by molar-refractivity contribution is -0.392. The molecule has 10 heteroatoms. The summed E-state index contributed by atoms with van der Waals surface area (Å²) in [5, 5.41) is 34.6. The number of benzene rings is 1. The number of nitrogens with zero attached hydrogens (tertiary/aromatic N) is 2. The molecule has 0 aliphatic carbocycles. The Morgan fingerprint density at radius 2 is 2.00 bits per heavy atom. The van der Waals surface area contributed by atoms with E-state index in [9.17, 15) is 25.3 Å². The summed E-state index contributed by atoms with van der Waals surface area (Å²) >= 11 is 3.17. The molecule has 0 radical (unpaired) electrons. The number of furan rings is 1. The molecule has 0 spiro atoms. The van der Waals surface area contributed by atoms with Crippen LogP contribution in [0.5, 0.6) is 0 Å². The summed E-state index contributed by atoms with van der Waals surface area (Å²) in [7, 11) is 0. The average molecular weight is 400 g/mol.